The number of aryl methyl sites for hydroxylation is 1. The van der Waals surface area contributed by atoms with E-state index in [1.54, 1.807) is 25.1 Å². The third-order valence-electron chi connectivity index (χ3n) is 3.09. The van der Waals surface area contributed by atoms with Crippen molar-refractivity contribution in [3.8, 4) is 11.5 Å². The van der Waals surface area contributed by atoms with Gasteiger partial charge in [-0.2, -0.15) is 0 Å². The van der Waals surface area contributed by atoms with Gasteiger partial charge in [-0.3, -0.25) is 5.32 Å². The van der Waals surface area contributed by atoms with Crippen molar-refractivity contribution >= 4 is 11.8 Å². The van der Waals surface area contributed by atoms with E-state index in [-0.39, 0.29) is 6.61 Å². The van der Waals surface area contributed by atoms with Gasteiger partial charge in [-0.25, -0.2) is 4.79 Å². The molecule has 0 aliphatic carbocycles. The fourth-order valence-electron chi connectivity index (χ4n) is 2.02. The standard InChI is InChI=1S/C17H15N3O3/c1-12-19-20-16(23-12)14-8-5-9-15(10-14)18-17(21)22-11-13-6-3-2-4-7-13/h2-10H,11H2,1H3,(H,18,21). The Hall–Kier alpha value is -3.15. The molecule has 1 amide bonds. The zero-order chi connectivity index (χ0) is 16.1. The molecule has 1 heterocycles. The van der Waals surface area contributed by atoms with E-state index in [1.807, 2.05) is 36.4 Å². The van der Waals surface area contributed by atoms with Crippen molar-refractivity contribution in [1.29, 1.82) is 0 Å². The van der Waals surface area contributed by atoms with Gasteiger partial charge in [0.1, 0.15) is 6.61 Å². The quantitative estimate of drug-likeness (QED) is 0.793. The highest BCUT2D eigenvalue weighted by Crippen LogP contribution is 2.21. The highest BCUT2D eigenvalue weighted by molar-refractivity contribution is 5.85. The van der Waals surface area contributed by atoms with Crippen LogP contribution in [0.5, 0.6) is 0 Å². The second-order valence-electron chi connectivity index (χ2n) is 4.89. The van der Waals surface area contributed by atoms with E-state index >= 15 is 0 Å². The average molecular weight is 309 g/mol. The number of rotatable bonds is 4. The molecule has 0 radical (unpaired) electrons. The minimum Gasteiger partial charge on any atom is -0.444 e. The number of carbonyl (C=O) groups excluding carboxylic acids is 1. The normalized spacial score (nSPS) is 10.3. The van der Waals surface area contributed by atoms with Gasteiger partial charge in [0.25, 0.3) is 0 Å². The summed E-state index contributed by atoms with van der Waals surface area (Å²) in [5.41, 5.74) is 2.25. The topological polar surface area (TPSA) is 77.2 Å². The minimum atomic E-state index is -0.521. The number of anilines is 1. The summed E-state index contributed by atoms with van der Waals surface area (Å²) in [5, 5.41) is 10.4. The van der Waals surface area contributed by atoms with Crippen LogP contribution < -0.4 is 5.32 Å². The molecule has 0 fully saturated rings. The van der Waals surface area contributed by atoms with E-state index in [4.69, 9.17) is 9.15 Å². The lowest BCUT2D eigenvalue weighted by Crippen LogP contribution is -2.13. The van der Waals surface area contributed by atoms with Crippen LogP contribution >= 0.6 is 0 Å². The third-order valence-corrected chi connectivity index (χ3v) is 3.09. The Morgan fingerprint density at radius 2 is 1.96 bits per heavy atom. The maximum absolute atomic E-state index is 11.9. The predicted molar refractivity (Wildman–Crippen MR) is 84.7 cm³/mol. The first-order chi connectivity index (χ1) is 11.2. The molecule has 0 spiro atoms. The van der Waals surface area contributed by atoms with Crippen molar-refractivity contribution in [1.82, 2.24) is 10.2 Å². The van der Waals surface area contributed by atoms with Gasteiger partial charge in [0.15, 0.2) is 0 Å². The van der Waals surface area contributed by atoms with E-state index in [9.17, 15) is 4.79 Å². The molecule has 0 saturated carbocycles. The van der Waals surface area contributed by atoms with Crippen LogP contribution in [-0.4, -0.2) is 16.3 Å². The van der Waals surface area contributed by atoms with Crippen LogP contribution in [0, 0.1) is 6.92 Å². The summed E-state index contributed by atoms with van der Waals surface area (Å²) in [6, 6.07) is 16.6. The fourth-order valence-corrected chi connectivity index (χ4v) is 2.02. The van der Waals surface area contributed by atoms with Crippen LogP contribution in [0.2, 0.25) is 0 Å². The molecule has 3 rings (SSSR count). The summed E-state index contributed by atoms with van der Waals surface area (Å²) in [4.78, 5) is 11.9. The first kappa shape index (κ1) is 14.8. The summed E-state index contributed by atoms with van der Waals surface area (Å²) >= 11 is 0. The van der Waals surface area contributed by atoms with Crippen LogP contribution in [0.15, 0.2) is 59.0 Å². The number of nitrogens with one attached hydrogen (secondary N) is 1. The van der Waals surface area contributed by atoms with Crippen molar-refractivity contribution in [3.05, 3.63) is 66.1 Å². The first-order valence-corrected chi connectivity index (χ1v) is 7.09. The SMILES string of the molecule is Cc1nnc(-c2cccc(NC(=O)OCc3ccccc3)c2)o1. The first-order valence-electron chi connectivity index (χ1n) is 7.09. The van der Waals surface area contributed by atoms with Gasteiger partial charge in [-0.1, -0.05) is 36.4 Å². The van der Waals surface area contributed by atoms with Crippen molar-refractivity contribution in [2.75, 3.05) is 5.32 Å². The van der Waals surface area contributed by atoms with E-state index in [0.29, 0.717) is 17.5 Å². The molecule has 0 unspecified atom stereocenters. The van der Waals surface area contributed by atoms with Gasteiger partial charge in [-0.05, 0) is 23.8 Å². The molecule has 1 aromatic heterocycles. The van der Waals surface area contributed by atoms with E-state index < -0.39 is 6.09 Å². The number of hydrogen-bond acceptors (Lipinski definition) is 5. The lowest BCUT2D eigenvalue weighted by molar-refractivity contribution is 0.155. The molecule has 0 bridgehead atoms. The Bertz CT molecular complexity index is 800. The van der Waals surface area contributed by atoms with Gasteiger partial charge in [0.05, 0.1) is 0 Å². The summed E-state index contributed by atoms with van der Waals surface area (Å²) in [5.74, 6) is 0.893. The largest absolute Gasteiger partial charge is 0.444 e. The predicted octanol–water partition coefficient (Wildman–Crippen LogP) is 3.79. The smallest absolute Gasteiger partial charge is 0.411 e. The molecule has 6 heteroatoms. The Morgan fingerprint density at radius 3 is 2.70 bits per heavy atom. The molecule has 0 aliphatic heterocycles. The average Bonchev–Trinajstić information content (AvgIpc) is 3.01. The fraction of sp³-hybridized carbons (Fsp3) is 0.118. The monoisotopic (exact) mass is 309 g/mol. The number of carbonyl (C=O) groups is 1. The molecule has 0 aliphatic rings. The molecular weight excluding hydrogens is 294 g/mol. The summed E-state index contributed by atoms with van der Waals surface area (Å²) < 4.78 is 10.5. The van der Waals surface area contributed by atoms with Crippen molar-refractivity contribution < 1.29 is 13.9 Å². The number of ether oxygens (including phenoxy) is 1. The summed E-state index contributed by atoms with van der Waals surface area (Å²) in [7, 11) is 0. The molecule has 116 valence electrons. The Balaban J connectivity index is 1.62. The lowest BCUT2D eigenvalue weighted by Gasteiger charge is -2.07. The summed E-state index contributed by atoms with van der Waals surface area (Å²) in [6.07, 6.45) is -0.521. The molecule has 23 heavy (non-hydrogen) atoms. The number of aromatic nitrogens is 2. The maximum atomic E-state index is 11.9. The molecule has 3 aromatic rings. The Kier molecular flexibility index (Phi) is 4.33. The minimum absolute atomic E-state index is 0.217. The molecule has 6 nitrogen and oxygen atoms in total. The van der Waals surface area contributed by atoms with Crippen LogP contribution in [0.3, 0.4) is 0 Å². The number of hydrogen-bond donors (Lipinski definition) is 1. The molecule has 1 N–H and O–H groups in total. The zero-order valence-electron chi connectivity index (χ0n) is 12.5. The van der Waals surface area contributed by atoms with Gasteiger partial charge in [-0.15, -0.1) is 10.2 Å². The van der Waals surface area contributed by atoms with Crippen LogP contribution in [0.25, 0.3) is 11.5 Å². The molecule has 0 atom stereocenters. The van der Waals surface area contributed by atoms with Crippen LogP contribution in [0.1, 0.15) is 11.5 Å². The van der Waals surface area contributed by atoms with Gasteiger partial charge >= 0.3 is 6.09 Å². The van der Waals surface area contributed by atoms with Crippen molar-refractivity contribution in [2.45, 2.75) is 13.5 Å². The third kappa shape index (κ3) is 3.94. The van der Waals surface area contributed by atoms with Gasteiger partial charge in [0, 0.05) is 18.2 Å². The second-order valence-corrected chi connectivity index (χ2v) is 4.89. The van der Waals surface area contributed by atoms with E-state index in [2.05, 4.69) is 15.5 Å². The maximum Gasteiger partial charge on any atom is 0.411 e. The van der Waals surface area contributed by atoms with E-state index in [0.717, 1.165) is 11.1 Å². The van der Waals surface area contributed by atoms with Crippen molar-refractivity contribution in [3.63, 3.8) is 0 Å². The number of amides is 1. The zero-order valence-corrected chi connectivity index (χ0v) is 12.5. The molecule has 2 aromatic carbocycles. The Morgan fingerprint density at radius 1 is 1.13 bits per heavy atom. The van der Waals surface area contributed by atoms with Gasteiger partial charge in [0.2, 0.25) is 11.8 Å². The second kappa shape index (κ2) is 6.74. The number of nitrogens with zero attached hydrogens (tertiary/aromatic N) is 2. The van der Waals surface area contributed by atoms with Gasteiger partial charge < -0.3 is 9.15 Å². The lowest BCUT2D eigenvalue weighted by atomic mass is 10.2. The van der Waals surface area contributed by atoms with Crippen molar-refractivity contribution in [2.24, 2.45) is 0 Å². The van der Waals surface area contributed by atoms with Crippen LogP contribution in [-0.2, 0) is 11.3 Å². The number of benzene rings is 2. The summed E-state index contributed by atoms with van der Waals surface area (Å²) in [6.45, 7) is 1.94. The van der Waals surface area contributed by atoms with Crippen LogP contribution in [0.4, 0.5) is 10.5 Å². The molecule has 0 saturated heterocycles. The Labute approximate surface area is 133 Å². The molecular formula is C17H15N3O3. The highest BCUT2D eigenvalue weighted by atomic mass is 16.5. The van der Waals surface area contributed by atoms with E-state index in [1.165, 1.54) is 0 Å². The highest BCUT2D eigenvalue weighted by Gasteiger charge is 2.08.